The summed E-state index contributed by atoms with van der Waals surface area (Å²) in [5, 5.41) is 14.4. The number of amides is 2. The molecule has 30 heavy (non-hydrogen) atoms. The van der Waals surface area contributed by atoms with E-state index in [2.05, 4.69) is 26.6 Å². The zero-order valence-corrected chi connectivity index (χ0v) is 17.7. The maximum absolute atomic E-state index is 12.5. The summed E-state index contributed by atoms with van der Waals surface area (Å²) in [6, 6.07) is 20.1. The molecule has 0 saturated heterocycles. The molecule has 0 spiro atoms. The number of nitriles is 1. The number of rotatable bonds is 5. The van der Waals surface area contributed by atoms with Crippen molar-refractivity contribution in [1.82, 2.24) is 0 Å². The number of benzene rings is 3. The number of para-hydroxylation sites is 2. The average molecular weight is 487 g/mol. The maximum atomic E-state index is 12.5. The van der Waals surface area contributed by atoms with E-state index in [0.29, 0.717) is 14.5 Å². The van der Waals surface area contributed by atoms with Crippen LogP contribution in [0.5, 0.6) is 0 Å². The molecule has 3 aromatic carbocycles. The topological polar surface area (TPSA) is 123 Å². The molecule has 0 fully saturated rings. The van der Waals surface area contributed by atoms with Crippen LogP contribution in [0.4, 0.5) is 27.5 Å². The highest BCUT2D eigenvalue weighted by Gasteiger charge is 2.25. The van der Waals surface area contributed by atoms with Crippen LogP contribution in [-0.2, 0) is 10.3 Å². The van der Waals surface area contributed by atoms with E-state index in [0.717, 1.165) is 0 Å². The van der Waals surface area contributed by atoms with Gasteiger partial charge >= 0.3 is 16.3 Å². The standard InChI is InChI=1S/C20H15BrN4O4S/c21-16-8-4-5-9-17(16)23-20(26)24-18-11-10-14(13-22)12-19(18)25(30(27,28)29)15-6-2-1-3-7-15/h1-12H,(H2,23,24,26)(H,27,28,29). The molecule has 152 valence electrons. The van der Waals surface area contributed by atoms with E-state index in [9.17, 15) is 23.0 Å². The third-order valence-corrected chi connectivity index (χ3v) is 5.50. The van der Waals surface area contributed by atoms with Crippen molar-refractivity contribution in [1.29, 1.82) is 5.26 Å². The van der Waals surface area contributed by atoms with Crippen LogP contribution < -0.4 is 14.9 Å². The minimum Gasteiger partial charge on any atom is -0.307 e. The van der Waals surface area contributed by atoms with Crippen molar-refractivity contribution < 1.29 is 17.8 Å². The molecule has 0 aliphatic carbocycles. The van der Waals surface area contributed by atoms with Crippen molar-refractivity contribution in [2.75, 3.05) is 14.9 Å². The lowest BCUT2D eigenvalue weighted by atomic mass is 10.1. The first-order valence-electron chi connectivity index (χ1n) is 8.49. The van der Waals surface area contributed by atoms with Gasteiger partial charge in [-0.05, 0) is 58.4 Å². The van der Waals surface area contributed by atoms with Gasteiger partial charge in [0.1, 0.15) is 0 Å². The number of anilines is 4. The minimum absolute atomic E-state index is 0.0695. The predicted molar refractivity (Wildman–Crippen MR) is 118 cm³/mol. The molecule has 3 aromatic rings. The Kier molecular flexibility index (Phi) is 6.37. The third-order valence-electron chi connectivity index (χ3n) is 3.94. The number of halogens is 1. The zero-order chi connectivity index (χ0) is 21.7. The number of carbonyl (C=O) groups is 1. The van der Waals surface area contributed by atoms with E-state index >= 15 is 0 Å². The van der Waals surface area contributed by atoms with Crippen LogP contribution in [0.2, 0.25) is 0 Å². The fourth-order valence-corrected chi connectivity index (χ4v) is 3.84. The highest BCUT2D eigenvalue weighted by Crippen LogP contribution is 2.35. The second-order valence-corrected chi connectivity index (χ2v) is 8.10. The largest absolute Gasteiger partial charge is 0.364 e. The van der Waals surface area contributed by atoms with E-state index < -0.39 is 16.3 Å². The van der Waals surface area contributed by atoms with E-state index in [1.165, 1.54) is 30.3 Å². The molecular weight excluding hydrogens is 472 g/mol. The van der Waals surface area contributed by atoms with Crippen molar-refractivity contribution in [2.24, 2.45) is 0 Å². The quantitative estimate of drug-likeness (QED) is 0.442. The van der Waals surface area contributed by atoms with Crippen LogP contribution in [0.3, 0.4) is 0 Å². The smallest absolute Gasteiger partial charge is 0.307 e. The Hall–Kier alpha value is -3.39. The van der Waals surface area contributed by atoms with E-state index in [1.54, 1.807) is 42.5 Å². The number of nitrogens with one attached hydrogen (secondary N) is 2. The van der Waals surface area contributed by atoms with Gasteiger partial charge in [0.25, 0.3) is 0 Å². The molecule has 0 heterocycles. The van der Waals surface area contributed by atoms with Gasteiger partial charge in [0.15, 0.2) is 0 Å². The SMILES string of the molecule is N#Cc1ccc(NC(=O)Nc2ccccc2Br)c(N(c2ccccc2)S(=O)(=O)O)c1. The average Bonchev–Trinajstić information content (AvgIpc) is 2.71. The minimum atomic E-state index is -4.78. The predicted octanol–water partition coefficient (Wildman–Crippen LogP) is 4.91. The van der Waals surface area contributed by atoms with Crippen molar-refractivity contribution in [2.45, 2.75) is 0 Å². The van der Waals surface area contributed by atoms with Gasteiger partial charge in [0.2, 0.25) is 0 Å². The fourth-order valence-electron chi connectivity index (χ4n) is 2.67. The van der Waals surface area contributed by atoms with E-state index in [-0.39, 0.29) is 22.6 Å². The van der Waals surface area contributed by atoms with Gasteiger partial charge in [0.05, 0.1) is 34.4 Å². The summed E-state index contributed by atoms with van der Waals surface area (Å²) in [5.41, 5.74) is 0.751. The molecule has 3 rings (SSSR count). The van der Waals surface area contributed by atoms with Gasteiger partial charge in [-0.1, -0.05) is 30.3 Å². The third kappa shape index (κ3) is 4.96. The molecule has 0 aromatic heterocycles. The lowest BCUT2D eigenvalue weighted by Gasteiger charge is -2.24. The summed E-state index contributed by atoms with van der Waals surface area (Å²) in [6.45, 7) is 0. The number of nitrogens with zero attached hydrogens (tertiary/aromatic N) is 2. The molecule has 0 saturated carbocycles. The molecule has 0 atom stereocenters. The molecule has 0 aliphatic rings. The van der Waals surface area contributed by atoms with Crippen molar-refractivity contribution >= 4 is 55.0 Å². The summed E-state index contributed by atoms with van der Waals surface area (Å²) < 4.78 is 35.5. The summed E-state index contributed by atoms with van der Waals surface area (Å²) in [6.07, 6.45) is 0. The van der Waals surface area contributed by atoms with E-state index in [1.807, 2.05) is 6.07 Å². The summed E-state index contributed by atoms with van der Waals surface area (Å²) in [4.78, 5) is 12.5. The van der Waals surface area contributed by atoms with Crippen LogP contribution in [-0.4, -0.2) is 19.0 Å². The number of hydrogen-bond donors (Lipinski definition) is 3. The van der Waals surface area contributed by atoms with Crippen LogP contribution >= 0.6 is 15.9 Å². The summed E-state index contributed by atoms with van der Waals surface area (Å²) in [7, 11) is -4.78. The first kappa shape index (κ1) is 21.3. The van der Waals surface area contributed by atoms with Gasteiger partial charge in [-0.25, -0.2) is 9.10 Å². The van der Waals surface area contributed by atoms with Crippen LogP contribution in [0, 0.1) is 11.3 Å². The Labute approximate surface area is 181 Å². The number of urea groups is 1. The van der Waals surface area contributed by atoms with Crippen molar-refractivity contribution in [3.05, 3.63) is 82.8 Å². The molecule has 0 aliphatic heterocycles. The monoisotopic (exact) mass is 486 g/mol. The Morgan fingerprint density at radius 2 is 1.60 bits per heavy atom. The molecule has 0 bridgehead atoms. The van der Waals surface area contributed by atoms with Gasteiger partial charge in [-0.15, -0.1) is 0 Å². The lowest BCUT2D eigenvalue weighted by molar-refractivity contribution is 0.262. The molecule has 8 nitrogen and oxygen atoms in total. The molecule has 2 amide bonds. The summed E-state index contributed by atoms with van der Waals surface area (Å²) in [5.74, 6) is 0. The van der Waals surface area contributed by atoms with Crippen molar-refractivity contribution in [3.8, 4) is 6.07 Å². The van der Waals surface area contributed by atoms with Gasteiger partial charge in [-0.2, -0.15) is 13.7 Å². The van der Waals surface area contributed by atoms with Crippen LogP contribution in [0.25, 0.3) is 0 Å². The highest BCUT2D eigenvalue weighted by atomic mass is 79.9. The highest BCUT2D eigenvalue weighted by molar-refractivity contribution is 9.10. The summed E-state index contributed by atoms with van der Waals surface area (Å²) >= 11 is 3.32. The Bertz CT molecular complexity index is 1230. The lowest BCUT2D eigenvalue weighted by Crippen LogP contribution is -2.27. The molecule has 10 heteroatoms. The second-order valence-electron chi connectivity index (χ2n) is 5.98. The Morgan fingerprint density at radius 3 is 2.23 bits per heavy atom. The Balaban J connectivity index is 2.03. The molecule has 0 unspecified atom stereocenters. The van der Waals surface area contributed by atoms with Gasteiger partial charge in [-0.3, -0.25) is 4.55 Å². The molecule has 3 N–H and O–H groups in total. The second kappa shape index (κ2) is 8.96. The van der Waals surface area contributed by atoms with Gasteiger partial charge in [0, 0.05) is 4.47 Å². The zero-order valence-electron chi connectivity index (χ0n) is 15.3. The Morgan fingerprint density at radius 1 is 0.967 bits per heavy atom. The normalized spacial score (nSPS) is 10.7. The molecule has 0 radical (unpaired) electrons. The first-order chi connectivity index (χ1) is 14.3. The maximum Gasteiger partial charge on any atom is 0.364 e. The van der Waals surface area contributed by atoms with Crippen molar-refractivity contribution in [3.63, 3.8) is 0 Å². The van der Waals surface area contributed by atoms with Crippen LogP contribution in [0.15, 0.2) is 77.3 Å². The van der Waals surface area contributed by atoms with E-state index in [4.69, 9.17) is 0 Å². The number of carbonyl (C=O) groups excluding carboxylic acids is 1. The van der Waals surface area contributed by atoms with Crippen LogP contribution in [0.1, 0.15) is 5.56 Å². The van der Waals surface area contributed by atoms with Gasteiger partial charge < -0.3 is 10.6 Å². The number of hydrogen-bond acceptors (Lipinski definition) is 4. The fraction of sp³-hybridized carbons (Fsp3) is 0. The first-order valence-corrected chi connectivity index (χ1v) is 10.7. The molecular formula is C20H15BrN4O4S.